The van der Waals surface area contributed by atoms with Crippen LogP contribution in [0.3, 0.4) is 0 Å². The second-order valence-electron chi connectivity index (χ2n) is 3.91. The molecule has 1 aliphatic heterocycles. The average Bonchev–Trinajstić information content (AvgIpc) is 2.27. The second-order valence-corrected chi connectivity index (χ2v) is 6.47. The number of para-hydroxylation sites is 1. The number of carbonyl (C=O) groups is 1. The minimum absolute atomic E-state index is 0.0231. The lowest BCUT2D eigenvalue weighted by Crippen LogP contribution is -2.51. The standard InChI is InChI=1S/C11H11ClN2O3S/c1-18(16,17)10-9(12)7-14(13-11(10)15)8-5-3-2-4-6-8/h2-7,10H,1H3,(H,13,15). The summed E-state index contributed by atoms with van der Waals surface area (Å²) in [5, 5.41) is 0.0380. The highest BCUT2D eigenvalue weighted by Gasteiger charge is 2.36. The average molecular weight is 287 g/mol. The van der Waals surface area contributed by atoms with Gasteiger partial charge in [0.05, 0.1) is 10.7 Å². The van der Waals surface area contributed by atoms with Crippen LogP contribution in [0.25, 0.3) is 0 Å². The van der Waals surface area contributed by atoms with Gasteiger partial charge in [-0.3, -0.25) is 15.2 Å². The van der Waals surface area contributed by atoms with Crippen molar-refractivity contribution in [2.24, 2.45) is 0 Å². The van der Waals surface area contributed by atoms with Crippen LogP contribution in [-0.2, 0) is 14.6 Å². The van der Waals surface area contributed by atoms with Gasteiger partial charge in [-0.2, -0.15) is 0 Å². The number of sulfone groups is 1. The molecule has 0 saturated carbocycles. The van der Waals surface area contributed by atoms with Crippen molar-refractivity contribution in [3.8, 4) is 0 Å². The lowest BCUT2D eigenvalue weighted by atomic mass is 10.3. The molecule has 96 valence electrons. The summed E-state index contributed by atoms with van der Waals surface area (Å²) in [5.74, 6) is -0.658. The van der Waals surface area contributed by atoms with Crippen molar-refractivity contribution in [2.45, 2.75) is 5.25 Å². The Bertz CT molecular complexity index is 598. The predicted molar refractivity (Wildman–Crippen MR) is 69.6 cm³/mol. The zero-order valence-corrected chi connectivity index (χ0v) is 11.1. The van der Waals surface area contributed by atoms with E-state index in [1.165, 1.54) is 11.2 Å². The molecule has 1 amide bonds. The molecule has 0 spiro atoms. The Balaban J connectivity index is 2.38. The third-order valence-corrected chi connectivity index (χ3v) is 4.20. The summed E-state index contributed by atoms with van der Waals surface area (Å²) in [4.78, 5) is 11.8. The van der Waals surface area contributed by atoms with Gasteiger partial charge in [-0.15, -0.1) is 0 Å². The summed E-state index contributed by atoms with van der Waals surface area (Å²) in [5.41, 5.74) is 3.16. The van der Waals surface area contributed by atoms with Gasteiger partial charge in [-0.1, -0.05) is 29.8 Å². The van der Waals surface area contributed by atoms with Crippen LogP contribution >= 0.6 is 11.6 Å². The third-order valence-electron chi connectivity index (χ3n) is 2.43. The minimum atomic E-state index is -3.57. The number of halogens is 1. The summed E-state index contributed by atoms with van der Waals surface area (Å²) < 4.78 is 22.9. The topological polar surface area (TPSA) is 66.5 Å². The minimum Gasteiger partial charge on any atom is -0.271 e. The third kappa shape index (κ3) is 2.49. The van der Waals surface area contributed by atoms with Gasteiger partial charge in [0.2, 0.25) is 0 Å². The van der Waals surface area contributed by atoms with Crippen molar-refractivity contribution in [3.05, 3.63) is 41.6 Å². The molecule has 0 aliphatic carbocycles. The zero-order valence-electron chi connectivity index (χ0n) is 9.50. The number of hydrazine groups is 1. The van der Waals surface area contributed by atoms with Gasteiger partial charge in [0.15, 0.2) is 15.1 Å². The number of benzene rings is 1. The highest BCUT2D eigenvalue weighted by molar-refractivity contribution is 7.92. The van der Waals surface area contributed by atoms with E-state index in [9.17, 15) is 13.2 Å². The molecule has 0 saturated heterocycles. The molecule has 1 atom stereocenters. The molecule has 1 aromatic carbocycles. The summed E-state index contributed by atoms with van der Waals surface area (Å²) in [7, 11) is -3.57. The normalized spacial score (nSPS) is 20.3. The van der Waals surface area contributed by atoms with Crippen LogP contribution < -0.4 is 10.4 Å². The van der Waals surface area contributed by atoms with E-state index in [4.69, 9.17) is 11.6 Å². The van der Waals surface area contributed by atoms with Crippen molar-refractivity contribution in [2.75, 3.05) is 11.3 Å². The van der Waals surface area contributed by atoms with Crippen LogP contribution in [0, 0.1) is 0 Å². The number of carbonyl (C=O) groups excluding carboxylic acids is 1. The van der Waals surface area contributed by atoms with Crippen LogP contribution in [0.1, 0.15) is 0 Å². The fourth-order valence-corrected chi connectivity index (χ4v) is 3.25. The molecule has 1 N–H and O–H groups in total. The summed E-state index contributed by atoms with van der Waals surface area (Å²) in [6.45, 7) is 0. The number of nitrogens with one attached hydrogen (secondary N) is 1. The molecule has 1 aliphatic rings. The number of nitrogens with zero attached hydrogens (tertiary/aromatic N) is 1. The Labute approximate surface area is 110 Å². The molecule has 1 heterocycles. The zero-order chi connectivity index (χ0) is 13.3. The molecule has 0 aromatic heterocycles. The smallest absolute Gasteiger partial charge is 0.262 e. The number of hydrogen-bond donors (Lipinski definition) is 1. The lowest BCUT2D eigenvalue weighted by Gasteiger charge is -2.29. The molecule has 2 rings (SSSR count). The van der Waals surface area contributed by atoms with Crippen molar-refractivity contribution in [1.29, 1.82) is 0 Å². The first-order chi connectivity index (χ1) is 8.39. The summed E-state index contributed by atoms with van der Waals surface area (Å²) in [6, 6.07) is 8.96. The van der Waals surface area contributed by atoms with Gasteiger partial charge in [0.1, 0.15) is 0 Å². The Kier molecular flexibility index (Phi) is 3.32. The molecule has 1 aromatic rings. The number of amides is 1. The Morgan fingerprint density at radius 3 is 2.39 bits per heavy atom. The van der Waals surface area contributed by atoms with Crippen LogP contribution in [0.2, 0.25) is 0 Å². The van der Waals surface area contributed by atoms with Gasteiger partial charge in [0, 0.05) is 12.5 Å². The van der Waals surface area contributed by atoms with E-state index in [1.807, 2.05) is 6.07 Å². The Morgan fingerprint density at radius 1 is 1.28 bits per heavy atom. The molecule has 0 fully saturated rings. The number of hydrogen-bond acceptors (Lipinski definition) is 4. The van der Waals surface area contributed by atoms with E-state index < -0.39 is 21.0 Å². The first-order valence-corrected chi connectivity index (χ1v) is 7.44. The van der Waals surface area contributed by atoms with Crippen molar-refractivity contribution in [3.63, 3.8) is 0 Å². The molecule has 18 heavy (non-hydrogen) atoms. The van der Waals surface area contributed by atoms with Gasteiger partial charge >= 0.3 is 0 Å². The first kappa shape index (κ1) is 12.9. The van der Waals surface area contributed by atoms with E-state index in [2.05, 4.69) is 5.43 Å². The van der Waals surface area contributed by atoms with Crippen molar-refractivity contribution >= 4 is 33.0 Å². The van der Waals surface area contributed by atoms with E-state index in [1.54, 1.807) is 24.3 Å². The van der Waals surface area contributed by atoms with Crippen LogP contribution in [0.4, 0.5) is 5.69 Å². The van der Waals surface area contributed by atoms with E-state index in [0.717, 1.165) is 6.26 Å². The van der Waals surface area contributed by atoms with Gasteiger partial charge in [-0.05, 0) is 12.1 Å². The molecular weight excluding hydrogens is 276 g/mol. The maximum absolute atomic E-state index is 11.8. The van der Waals surface area contributed by atoms with E-state index in [-0.39, 0.29) is 5.03 Å². The van der Waals surface area contributed by atoms with Gasteiger partial charge < -0.3 is 0 Å². The molecular formula is C11H11ClN2O3S. The maximum atomic E-state index is 11.8. The van der Waals surface area contributed by atoms with Gasteiger partial charge in [-0.25, -0.2) is 8.42 Å². The largest absolute Gasteiger partial charge is 0.271 e. The molecule has 5 nitrogen and oxygen atoms in total. The maximum Gasteiger partial charge on any atom is 0.262 e. The molecule has 1 unspecified atom stereocenters. The number of anilines is 1. The molecule has 0 bridgehead atoms. The fraction of sp³-hybridized carbons (Fsp3) is 0.182. The van der Waals surface area contributed by atoms with E-state index in [0.29, 0.717) is 5.69 Å². The lowest BCUT2D eigenvalue weighted by molar-refractivity contribution is -0.120. The monoisotopic (exact) mass is 286 g/mol. The summed E-state index contributed by atoms with van der Waals surface area (Å²) in [6.07, 6.45) is 2.37. The number of rotatable bonds is 2. The van der Waals surface area contributed by atoms with Crippen molar-refractivity contribution < 1.29 is 13.2 Å². The second kappa shape index (κ2) is 4.62. The van der Waals surface area contributed by atoms with Crippen LogP contribution in [0.5, 0.6) is 0 Å². The van der Waals surface area contributed by atoms with Gasteiger partial charge in [0.25, 0.3) is 5.91 Å². The first-order valence-electron chi connectivity index (χ1n) is 5.10. The van der Waals surface area contributed by atoms with E-state index >= 15 is 0 Å². The fourth-order valence-electron chi connectivity index (χ4n) is 1.65. The highest BCUT2D eigenvalue weighted by Crippen LogP contribution is 2.23. The summed E-state index contributed by atoms with van der Waals surface area (Å²) >= 11 is 5.89. The Morgan fingerprint density at radius 2 is 1.89 bits per heavy atom. The predicted octanol–water partition coefficient (Wildman–Crippen LogP) is 1.03. The highest BCUT2D eigenvalue weighted by atomic mass is 35.5. The van der Waals surface area contributed by atoms with Crippen LogP contribution in [-0.4, -0.2) is 25.8 Å². The quantitative estimate of drug-likeness (QED) is 0.882. The molecule has 7 heteroatoms. The van der Waals surface area contributed by atoms with Crippen molar-refractivity contribution in [1.82, 2.24) is 5.43 Å². The molecule has 0 radical (unpaired) electrons. The Hall–Kier alpha value is -1.53. The SMILES string of the molecule is CS(=O)(=O)C1C(=O)NN(c2ccccc2)C=C1Cl. The van der Waals surface area contributed by atoms with Crippen LogP contribution in [0.15, 0.2) is 41.6 Å².